The molecule has 3 rings (SSSR count). The summed E-state index contributed by atoms with van der Waals surface area (Å²) in [5, 5.41) is 7.85. The first kappa shape index (κ1) is 16.7. The summed E-state index contributed by atoms with van der Waals surface area (Å²) in [4.78, 5) is 15.9. The molecule has 1 atom stereocenters. The first-order valence-corrected chi connectivity index (χ1v) is 8.10. The van der Waals surface area contributed by atoms with Crippen LogP contribution < -0.4 is 11.1 Å². The lowest BCUT2D eigenvalue weighted by atomic mass is 10.1. The molecule has 2 heterocycles. The summed E-state index contributed by atoms with van der Waals surface area (Å²) >= 11 is 0. The minimum Gasteiger partial charge on any atom is -0.378 e. The van der Waals surface area contributed by atoms with Crippen LogP contribution in [-0.4, -0.2) is 20.7 Å². The van der Waals surface area contributed by atoms with Crippen LogP contribution in [0.5, 0.6) is 0 Å². The van der Waals surface area contributed by atoms with Gasteiger partial charge in [0.2, 0.25) is 5.91 Å². The molecule has 3 N–H and O–H groups in total. The fourth-order valence-corrected chi connectivity index (χ4v) is 2.86. The van der Waals surface area contributed by atoms with E-state index in [1.807, 2.05) is 55.1 Å². The number of nitrogens with two attached hydrogens (primary N) is 1. The summed E-state index contributed by atoms with van der Waals surface area (Å²) in [6, 6.07) is 11.4. The van der Waals surface area contributed by atoms with Crippen LogP contribution in [0.3, 0.4) is 0 Å². The average molecular weight is 335 g/mol. The fraction of sp³-hybridized carbons (Fsp3) is 0.211. The molecule has 6 nitrogen and oxygen atoms in total. The Labute approximate surface area is 146 Å². The third-order valence-electron chi connectivity index (χ3n) is 4.27. The zero-order chi connectivity index (χ0) is 18.0. The van der Waals surface area contributed by atoms with E-state index in [0.717, 1.165) is 28.3 Å². The molecule has 0 fully saturated rings. The van der Waals surface area contributed by atoms with Crippen molar-refractivity contribution >= 4 is 11.6 Å². The van der Waals surface area contributed by atoms with E-state index in [9.17, 15) is 4.79 Å². The van der Waals surface area contributed by atoms with Crippen molar-refractivity contribution in [2.24, 2.45) is 5.73 Å². The van der Waals surface area contributed by atoms with E-state index in [4.69, 9.17) is 5.73 Å². The summed E-state index contributed by atoms with van der Waals surface area (Å²) in [5.41, 5.74) is 9.74. The van der Waals surface area contributed by atoms with E-state index in [0.29, 0.717) is 5.56 Å². The van der Waals surface area contributed by atoms with Gasteiger partial charge in [0.25, 0.3) is 0 Å². The lowest BCUT2D eigenvalue weighted by Gasteiger charge is -2.16. The van der Waals surface area contributed by atoms with Gasteiger partial charge >= 0.3 is 0 Å². The second-order valence-corrected chi connectivity index (χ2v) is 6.05. The Morgan fingerprint density at radius 1 is 1.24 bits per heavy atom. The SMILES string of the molecule is Cc1ccc(N[C@H](C)c2cnn(-c3ccccn3)c2C)cc1C(N)=O. The molecule has 0 radical (unpaired) electrons. The van der Waals surface area contributed by atoms with Crippen LogP contribution in [0, 0.1) is 13.8 Å². The number of rotatable bonds is 5. The van der Waals surface area contributed by atoms with E-state index in [1.165, 1.54) is 0 Å². The van der Waals surface area contributed by atoms with Gasteiger partial charge in [-0.25, -0.2) is 9.67 Å². The molecule has 1 amide bonds. The van der Waals surface area contributed by atoms with Crippen molar-refractivity contribution in [2.45, 2.75) is 26.8 Å². The smallest absolute Gasteiger partial charge is 0.249 e. The molecule has 0 unspecified atom stereocenters. The molecule has 2 aromatic heterocycles. The van der Waals surface area contributed by atoms with Crippen LogP contribution >= 0.6 is 0 Å². The Kier molecular flexibility index (Phi) is 4.52. The van der Waals surface area contributed by atoms with E-state index in [-0.39, 0.29) is 6.04 Å². The maximum absolute atomic E-state index is 11.5. The van der Waals surface area contributed by atoms with Crippen molar-refractivity contribution in [1.82, 2.24) is 14.8 Å². The standard InChI is InChI=1S/C19H21N5O/c1-12-7-8-15(10-16(12)19(20)25)23-13(2)17-11-22-24(14(17)3)18-6-4-5-9-21-18/h4-11,13,23H,1-3H3,(H2,20,25)/t13-/m1/s1. The predicted molar refractivity (Wildman–Crippen MR) is 97.8 cm³/mol. The number of carbonyl (C=O) groups excluding carboxylic acids is 1. The molecule has 6 heteroatoms. The van der Waals surface area contributed by atoms with Gasteiger partial charge in [-0.2, -0.15) is 5.10 Å². The zero-order valence-corrected chi connectivity index (χ0v) is 14.5. The first-order valence-electron chi connectivity index (χ1n) is 8.10. The number of nitrogens with one attached hydrogen (secondary N) is 1. The number of nitrogens with zero attached hydrogens (tertiary/aromatic N) is 3. The summed E-state index contributed by atoms with van der Waals surface area (Å²) in [7, 11) is 0. The molecular formula is C19H21N5O. The molecule has 1 aromatic carbocycles. The summed E-state index contributed by atoms with van der Waals surface area (Å²) in [5.74, 6) is 0.359. The van der Waals surface area contributed by atoms with Gasteiger partial charge in [0.1, 0.15) is 0 Å². The Hall–Kier alpha value is -3.15. The highest BCUT2D eigenvalue weighted by molar-refractivity contribution is 5.95. The van der Waals surface area contributed by atoms with Crippen LogP contribution in [0.1, 0.15) is 40.1 Å². The van der Waals surface area contributed by atoms with Crippen molar-refractivity contribution in [3.05, 3.63) is 71.2 Å². The predicted octanol–water partition coefficient (Wildman–Crippen LogP) is 3.16. The number of anilines is 1. The van der Waals surface area contributed by atoms with E-state index >= 15 is 0 Å². The fourth-order valence-electron chi connectivity index (χ4n) is 2.86. The van der Waals surface area contributed by atoms with Crippen molar-refractivity contribution in [2.75, 3.05) is 5.32 Å². The number of aryl methyl sites for hydroxylation is 1. The lowest BCUT2D eigenvalue weighted by Crippen LogP contribution is -2.14. The van der Waals surface area contributed by atoms with Gasteiger partial charge in [0.05, 0.1) is 12.2 Å². The maximum atomic E-state index is 11.5. The maximum Gasteiger partial charge on any atom is 0.249 e. The molecule has 0 aliphatic rings. The van der Waals surface area contributed by atoms with Crippen LogP contribution in [-0.2, 0) is 0 Å². The molecular weight excluding hydrogens is 314 g/mol. The highest BCUT2D eigenvalue weighted by Crippen LogP contribution is 2.24. The highest BCUT2D eigenvalue weighted by atomic mass is 16.1. The molecule has 3 aromatic rings. The number of carbonyl (C=O) groups is 1. The molecule has 128 valence electrons. The van der Waals surface area contributed by atoms with Gasteiger partial charge in [-0.1, -0.05) is 12.1 Å². The second kappa shape index (κ2) is 6.76. The van der Waals surface area contributed by atoms with Gasteiger partial charge in [-0.3, -0.25) is 4.79 Å². The van der Waals surface area contributed by atoms with Gasteiger partial charge in [0.15, 0.2) is 5.82 Å². The quantitative estimate of drug-likeness (QED) is 0.750. The Morgan fingerprint density at radius 3 is 2.72 bits per heavy atom. The van der Waals surface area contributed by atoms with Gasteiger partial charge in [0, 0.05) is 28.7 Å². The first-order chi connectivity index (χ1) is 12.0. The van der Waals surface area contributed by atoms with E-state index in [1.54, 1.807) is 12.3 Å². The van der Waals surface area contributed by atoms with Crippen LogP contribution in [0.2, 0.25) is 0 Å². The molecule has 0 bridgehead atoms. The monoisotopic (exact) mass is 335 g/mol. The molecule has 0 saturated carbocycles. The van der Waals surface area contributed by atoms with Gasteiger partial charge < -0.3 is 11.1 Å². The van der Waals surface area contributed by atoms with E-state index in [2.05, 4.69) is 22.3 Å². The number of hydrogen-bond acceptors (Lipinski definition) is 4. The molecule has 0 aliphatic heterocycles. The van der Waals surface area contributed by atoms with Crippen LogP contribution in [0.25, 0.3) is 5.82 Å². The summed E-state index contributed by atoms with van der Waals surface area (Å²) in [6.45, 7) is 5.93. The van der Waals surface area contributed by atoms with Gasteiger partial charge in [-0.15, -0.1) is 0 Å². The topological polar surface area (TPSA) is 85.8 Å². The lowest BCUT2D eigenvalue weighted by molar-refractivity contribution is 0.0999. The number of amides is 1. The van der Waals surface area contributed by atoms with E-state index < -0.39 is 5.91 Å². The second-order valence-electron chi connectivity index (χ2n) is 6.05. The molecule has 25 heavy (non-hydrogen) atoms. The van der Waals surface area contributed by atoms with Crippen molar-refractivity contribution in [1.29, 1.82) is 0 Å². The summed E-state index contributed by atoms with van der Waals surface area (Å²) in [6.07, 6.45) is 3.58. The minimum absolute atomic E-state index is 0.0147. The third kappa shape index (κ3) is 3.38. The normalized spacial score (nSPS) is 12.0. The number of aromatic nitrogens is 3. The number of pyridine rings is 1. The number of benzene rings is 1. The zero-order valence-electron chi connectivity index (χ0n) is 14.5. The Morgan fingerprint density at radius 2 is 2.04 bits per heavy atom. The number of hydrogen-bond donors (Lipinski definition) is 2. The van der Waals surface area contributed by atoms with Crippen LogP contribution in [0.4, 0.5) is 5.69 Å². The highest BCUT2D eigenvalue weighted by Gasteiger charge is 2.15. The van der Waals surface area contributed by atoms with Crippen LogP contribution in [0.15, 0.2) is 48.8 Å². The Bertz CT molecular complexity index is 901. The van der Waals surface area contributed by atoms with Gasteiger partial charge in [-0.05, 0) is 50.6 Å². The minimum atomic E-state index is -0.423. The van der Waals surface area contributed by atoms with Crippen molar-refractivity contribution in [3.8, 4) is 5.82 Å². The largest absolute Gasteiger partial charge is 0.378 e. The Balaban J connectivity index is 1.85. The van der Waals surface area contributed by atoms with Crippen molar-refractivity contribution in [3.63, 3.8) is 0 Å². The molecule has 0 spiro atoms. The molecule has 0 aliphatic carbocycles. The molecule has 0 saturated heterocycles. The summed E-state index contributed by atoms with van der Waals surface area (Å²) < 4.78 is 1.82. The number of primary amides is 1. The third-order valence-corrected chi connectivity index (χ3v) is 4.27. The average Bonchev–Trinajstić information content (AvgIpc) is 2.98. The van der Waals surface area contributed by atoms with Crippen molar-refractivity contribution < 1.29 is 4.79 Å².